The molecule has 28 heavy (non-hydrogen) atoms. The first-order valence-electron chi connectivity index (χ1n) is 9.33. The van der Waals surface area contributed by atoms with Gasteiger partial charge in [-0.25, -0.2) is 4.98 Å². The number of nitrogens with zero attached hydrogens (tertiary/aromatic N) is 4. The zero-order valence-corrected chi connectivity index (χ0v) is 16.4. The minimum absolute atomic E-state index is 0.130. The lowest BCUT2D eigenvalue weighted by Gasteiger charge is -2.21. The van der Waals surface area contributed by atoms with Crippen LogP contribution in [0.15, 0.2) is 41.2 Å². The fourth-order valence-electron chi connectivity index (χ4n) is 3.01. The summed E-state index contributed by atoms with van der Waals surface area (Å²) in [5.74, 6) is 2.44. The van der Waals surface area contributed by atoms with Gasteiger partial charge in [0.25, 0.3) is 0 Å². The van der Waals surface area contributed by atoms with Crippen LogP contribution in [0.5, 0.6) is 5.75 Å². The average Bonchev–Trinajstić information content (AvgIpc) is 3.33. The molecule has 1 amide bonds. The van der Waals surface area contributed by atoms with E-state index in [2.05, 4.69) is 27.4 Å². The summed E-state index contributed by atoms with van der Waals surface area (Å²) in [6.45, 7) is 2.05. The quantitative estimate of drug-likeness (QED) is 0.610. The van der Waals surface area contributed by atoms with Gasteiger partial charge < -0.3 is 19.1 Å². The summed E-state index contributed by atoms with van der Waals surface area (Å²) in [4.78, 5) is 21.4. The smallest absolute Gasteiger partial charge is 0.227 e. The van der Waals surface area contributed by atoms with E-state index in [1.807, 2.05) is 42.1 Å². The number of imidazole rings is 1. The van der Waals surface area contributed by atoms with E-state index in [9.17, 15) is 4.79 Å². The molecule has 1 N–H and O–H groups in total. The molecular formula is C20H25N5O3. The topological polar surface area (TPSA) is 95.1 Å². The third kappa shape index (κ3) is 4.57. The van der Waals surface area contributed by atoms with E-state index in [4.69, 9.17) is 9.26 Å². The van der Waals surface area contributed by atoms with Crippen LogP contribution in [0, 0.1) is 0 Å². The zero-order chi connectivity index (χ0) is 19.9. The number of nitrogens with one attached hydrogen (secondary N) is 1. The molecule has 3 rings (SSSR count). The van der Waals surface area contributed by atoms with Crippen molar-refractivity contribution in [3.8, 4) is 5.75 Å². The van der Waals surface area contributed by atoms with Crippen molar-refractivity contribution in [2.24, 2.45) is 7.05 Å². The van der Waals surface area contributed by atoms with Crippen LogP contribution in [0.3, 0.4) is 0 Å². The number of methoxy groups -OCH3 is 1. The summed E-state index contributed by atoms with van der Waals surface area (Å²) < 4.78 is 12.6. The number of amides is 1. The lowest BCUT2D eigenvalue weighted by Crippen LogP contribution is -2.31. The number of aryl methyl sites for hydroxylation is 3. The van der Waals surface area contributed by atoms with Crippen molar-refractivity contribution in [3.63, 3.8) is 0 Å². The number of ether oxygens (including phenoxy) is 1. The first-order valence-corrected chi connectivity index (χ1v) is 9.33. The minimum atomic E-state index is -0.429. The average molecular weight is 383 g/mol. The van der Waals surface area contributed by atoms with Crippen molar-refractivity contribution in [1.82, 2.24) is 25.0 Å². The summed E-state index contributed by atoms with van der Waals surface area (Å²) in [6.07, 6.45) is 5.90. The van der Waals surface area contributed by atoms with Gasteiger partial charge in [-0.15, -0.1) is 0 Å². The highest BCUT2D eigenvalue weighted by Gasteiger charge is 2.24. The number of hydrogen-bond acceptors (Lipinski definition) is 6. The van der Waals surface area contributed by atoms with Gasteiger partial charge in [0.15, 0.2) is 5.82 Å². The lowest BCUT2D eigenvalue weighted by molar-refractivity contribution is -0.121. The number of hydrogen-bond donors (Lipinski definition) is 1. The predicted molar refractivity (Wildman–Crippen MR) is 103 cm³/mol. The van der Waals surface area contributed by atoms with E-state index >= 15 is 0 Å². The Morgan fingerprint density at radius 2 is 2.14 bits per heavy atom. The van der Waals surface area contributed by atoms with Crippen molar-refractivity contribution in [2.45, 2.75) is 38.6 Å². The summed E-state index contributed by atoms with van der Waals surface area (Å²) in [7, 11) is 3.50. The van der Waals surface area contributed by atoms with Crippen LogP contribution in [0.1, 0.15) is 48.9 Å². The highest BCUT2D eigenvalue weighted by atomic mass is 16.5. The second-order valence-corrected chi connectivity index (χ2v) is 6.49. The molecule has 8 heteroatoms. The van der Waals surface area contributed by atoms with Gasteiger partial charge in [-0.1, -0.05) is 30.3 Å². The number of para-hydroxylation sites is 1. The fourth-order valence-corrected chi connectivity index (χ4v) is 3.01. The maximum atomic E-state index is 12.7. The Morgan fingerprint density at radius 3 is 2.86 bits per heavy atom. The molecule has 3 aromatic rings. The summed E-state index contributed by atoms with van der Waals surface area (Å²) in [5, 5.41) is 6.98. The van der Waals surface area contributed by atoms with E-state index in [1.165, 1.54) is 0 Å². The van der Waals surface area contributed by atoms with Crippen LogP contribution in [-0.4, -0.2) is 32.7 Å². The van der Waals surface area contributed by atoms with Crippen molar-refractivity contribution < 1.29 is 14.1 Å². The normalized spacial score (nSPS) is 12.0. The Kier molecular flexibility index (Phi) is 6.41. The van der Waals surface area contributed by atoms with Gasteiger partial charge in [-0.3, -0.25) is 4.79 Å². The zero-order valence-electron chi connectivity index (χ0n) is 16.4. The van der Waals surface area contributed by atoms with Gasteiger partial charge in [0, 0.05) is 44.3 Å². The van der Waals surface area contributed by atoms with Crippen LogP contribution < -0.4 is 10.1 Å². The number of aromatic nitrogens is 4. The Morgan fingerprint density at radius 1 is 1.32 bits per heavy atom. The molecule has 0 fully saturated rings. The van der Waals surface area contributed by atoms with Crippen LogP contribution in [-0.2, 0) is 24.7 Å². The predicted octanol–water partition coefficient (Wildman–Crippen LogP) is 2.60. The highest BCUT2D eigenvalue weighted by Crippen LogP contribution is 2.29. The molecule has 0 aliphatic rings. The van der Waals surface area contributed by atoms with E-state index in [1.54, 1.807) is 13.3 Å². The largest absolute Gasteiger partial charge is 0.496 e. The van der Waals surface area contributed by atoms with E-state index in [0.717, 1.165) is 24.2 Å². The van der Waals surface area contributed by atoms with Gasteiger partial charge in [0.05, 0.1) is 7.11 Å². The van der Waals surface area contributed by atoms with Crippen molar-refractivity contribution >= 4 is 5.91 Å². The van der Waals surface area contributed by atoms with Crippen LogP contribution in [0.25, 0.3) is 0 Å². The number of rotatable bonds is 9. The maximum absolute atomic E-state index is 12.7. The van der Waals surface area contributed by atoms with Gasteiger partial charge >= 0.3 is 0 Å². The molecular weight excluding hydrogens is 358 g/mol. The minimum Gasteiger partial charge on any atom is -0.496 e. The molecule has 0 saturated heterocycles. The molecule has 0 aliphatic heterocycles. The molecule has 0 saturated carbocycles. The van der Waals surface area contributed by atoms with Gasteiger partial charge in [0.1, 0.15) is 17.6 Å². The Hall–Kier alpha value is -3.16. The molecule has 2 heterocycles. The lowest BCUT2D eigenvalue weighted by atomic mass is 10.0. The molecule has 1 atom stereocenters. The number of carbonyl (C=O) groups excluding carboxylic acids is 1. The molecule has 1 aromatic carbocycles. The van der Waals surface area contributed by atoms with Gasteiger partial charge in [0.2, 0.25) is 11.8 Å². The van der Waals surface area contributed by atoms with Crippen molar-refractivity contribution in [2.75, 3.05) is 7.11 Å². The van der Waals surface area contributed by atoms with Crippen molar-refractivity contribution in [3.05, 3.63) is 59.8 Å². The van der Waals surface area contributed by atoms with E-state index in [0.29, 0.717) is 23.9 Å². The third-order valence-electron chi connectivity index (χ3n) is 4.42. The Bertz CT molecular complexity index is 918. The van der Waals surface area contributed by atoms with Crippen LogP contribution in [0.2, 0.25) is 0 Å². The summed E-state index contributed by atoms with van der Waals surface area (Å²) in [5.41, 5.74) is 0.843. The Balaban J connectivity index is 1.74. The number of carbonyl (C=O) groups is 1. The highest BCUT2D eigenvalue weighted by molar-refractivity contribution is 5.77. The van der Waals surface area contributed by atoms with Gasteiger partial charge in [-0.2, -0.15) is 4.98 Å². The molecule has 2 aromatic heterocycles. The first-order chi connectivity index (χ1) is 13.6. The fraction of sp³-hybridized carbons (Fsp3) is 0.400. The van der Waals surface area contributed by atoms with E-state index < -0.39 is 6.04 Å². The number of benzene rings is 1. The molecule has 0 aliphatic carbocycles. The molecule has 0 radical (unpaired) electrons. The van der Waals surface area contributed by atoms with Crippen molar-refractivity contribution in [1.29, 1.82) is 0 Å². The Labute approximate surface area is 163 Å². The van der Waals surface area contributed by atoms with E-state index in [-0.39, 0.29) is 12.3 Å². The SMILES string of the molecule is CCCc1noc(CCC(=O)NC(c2ccccc2OC)c2nccn2C)n1. The second-order valence-electron chi connectivity index (χ2n) is 6.49. The molecule has 8 nitrogen and oxygen atoms in total. The second kappa shape index (κ2) is 9.16. The van der Waals surface area contributed by atoms with Crippen LogP contribution >= 0.6 is 0 Å². The summed E-state index contributed by atoms with van der Waals surface area (Å²) >= 11 is 0. The van der Waals surface area contributed by atoms with Crippen LogP contribution in [0.4, 0.5) is 0 Å². The molecule has 148 valence electrons. The monoisotopic (exact) mass is 383 g/mol. The maximum Gasteiger partial charge on any atom is 0.227 e. The molecule has 0 spiro atoms. The molecule has 0 bridgehead atoms. The standard InChI is InChI=1S/C20H25N5O3/c1-4-7-16-22-18(28-24-16)11-10-17(26)23-19(20-21-12-13-25(20)2)14-8-5-6-9-15(14)27-3/h5-6,8-9,12-13,19H,4,7,10-11H2,1-3H3,(H,23,26). The first kappa shape index (κ1) is 19.6. The third-order valence-corrected chi connectivity index (χ3v) is 4.42. The summed E-state index contributed by atoms with van der Waals surface area (Å²) in [6, 6.07) is 7.16. The molecule has 1 unspecified atom stereocenters. The van der Waals surface area contributed by atoms with Gasteiger partial charge in [-0.05, 0) is 12.5 Å².